The van der Waals surface area contributed by atoms with Gasteiger partial charge in [0, 0.05) is 6.54 Å². The number of carboxylic acids is 1. The van der Waals surface area contributed by atoms with Gasteiger partial charge in [-0.2, -0.15) is 5.10 Å². The first-order valence-corrected chi connectivity index (χ1v) is 5.27. The normalized spacial score (nSPS) is 11.1. The predicted molar refractivity (Wildman–Crippen MR) is 65.4 cm³/mol. The summed E-state index contributed by atoms with van der Waals surface area (Å²) in [6.45, 7) is 2.03. The number of benzene rings is 1. The molecule has 0 spiro atoms. The summed E-state index contributed by atoms with van der Waals surface area (Å²) in [5.41, 5.74) is 3.88. The first-order valence-electron chi connectivity index (χ1n) is 5.27. The second kappa shape index (κ2) is 6.52. The van der Waals surface area contributed by atoms with E-state index < -0.39 is 5.97 Å². The molecule has 0 atom stereocenters. The third-order valence-electron chi connectivity index (χ3n) is 2.22. The molecule has 0 bridgehead atoms. The second-order valence-electron chi connectivity index (χ2n) is 3.51. The number of aliphatic carboxylic acids is 1. The predicted octanol–water partition coefficient (Wildman–Crippen LogP) is 1.29. The van der Waals surface area contributed by atoms with Crippen molar-refractivity contribution >= 4 is 11.7 Å². The number of nitrogens with one attached hydrogen (secondary N) is 1. The molecule has 17 heavy (non-hydrogen) atoms. The third kappa shape index (κ3) is 4.55. The van der Waals surface area contributed by atoms with Crippen molar-refractivity contribution < 1.29 is 14.6 Å². The fourth-order valence-electron chi connectivity index (χ4n) is 1.25. The molecule has 0 heterocycles. The quantitative estimate of drug-likeness (QED) is 0.443. The van der Waals surface area contributed by atoms with Gasteiger partial charge in [0.05, 0.1) is 7.11 Å². The summed E-state index contributed by atoms with van der Waals surface area (Å²) in [7, 11) is 1.62. The molecule has 0 aliphatic rings. The van der Waals surface area contributed by atoms with E-state index in [-0.39, 0.29) is 5.71 Å². The molecular formula is C12H16N2O3. The summed E-state index contributed by atoms with van der Waals surface area (Å²) in [6, 6.07) is 7.72. The summed E-state index contributed by atoms with van der Waals surface area (Å²) < 4.78 is 5.11. The van der Waals surface area contributed by atoms with Gasteiger partial charge in [-0.05, 0) is 31.0 Å². The lowest BCUT2D eigenvalue weighted by atomic mass is 10.1. The van der Waals surface area contributed by atoms with E-state index in [0.717, 1.165) is 17.7 Å². The highest BCUT2D eigenvalue weighted by molar-refractivity contribution is 6.34. The van der Waals surface area contributed by atoms with Crippen molar-refractivity contribution in [3.05, 3.63) is 29.8 Å². The van der Waals surface area contributed by atoms with Crippen LogP contribution in [0.3, 0.4) is 0 Å². The second-order valence-corrected chi connectivity index (χ2v) is 3.51. The van der Waals surface area contributed by atoms with Crippen LogP contribution >= 0.6 is 0 Å². The number of carboxylic acid groups (broad SMARTS) is 1. The summed E-state index contributed by atoms with van der Waals surface area (Å²) >= 11 is 0. The average molecular weight is 236 g/mol. The number of ether oxygens (including phenoxy) is 1. The largest absolute Gasteiger partial charge is 0.497 e. The maximum Gasteiger partial charge on any atom is 0.351 e. The van der Waals surface area contributed by atoms with E-state index in [1.807, 2.05) is 24.3 Å². The molecule has 0 aliphatic heterocycles. The fraction of sp³-hybridized carbons (Fsp3) is 0.333. The first-order chi connectivity index (χ1) is 8.13. The highest BCUT2D eigenvalue weighted by Gasteiger charge is 2.00. The highest BCUT2D eigenvalue weighted by Crippen LogP contribution is 2.12. The number of hydrogen-bond acceptors (Lipinski definition) is 4. The van der Waals surface area contributed by atoms with Crippen LogP contribution in [0.2, 0.25) is 0 Å². The van der Waals surface area contributed by atoms with Gasteiger partial charge in [0.1, 0.15) is 11.5 Å². The fourth-order valence-corrected chi connectivity index (χ4v) is 1.25. The van der Waals surface area contributed by atoms with Gasteiger partial charge in [-0.1, -0.05) is 12.1 Å². The molecule has 0 fully saturated rings. The Morgan fingerprint density at radius 2 is 2.29 bits per heavy atom. The minimum absolute atomic E-state index is 0.0515. The Balaban J connectivity index is 2.40. The van der Waals surface area contributed by atoms with E-state index in [0.29, 0.717) is 6.54 Å². The van der Waals surface area contributed by atoms with E-state index in [4.69, 9.17) is 9.84 Å². The van der Waals surface area contributed by atoms with Crippen LogP contribution in [-0.4, -0.2) is 30.4 Å². The van der Waals surface area contributed by atoms with Gasteiger partial charge in [-0.15, -0.1) is 0 Å². The number of hydrogen-bond donors (Lipinski definition) is 2. The smallest absolute Gasteiger partial charge is 0.351 e. The van der Waals surface area contributed by atoms with Gasteiger partial charge in [0.2, 0.25) is 0 Å². The topological polar surface area (TPSA) is 70.9 Å². The van der Waals surface area contributed by atoms with Crippen molar-refractivity contribution in [3.8, 4) is 5.75 Å². The third-order valence-corrected chi connectivity index (χ3v) is 2.22. The molecule has 1 aromatic carbocycles. The molecule has 0 amide bonds. The van der Waals surface area contributed by atoms with Crippen LogP contribution in [0.4, 0.5) is 0 Å². The number of methoxy groups -OCH3 is 1. The van der Waals surface area contributed by atoms with Gasteiger partial charge in [-0.25, -0.2) is 4.79 Å². The molecule has 0 saturated heterocycles. The van der Waals surface area contributed by atoms with E-state index in [1.54, 1.807) is 7.11 Å². The maximum atomic E-state index is 10.5. The van der Waals surface area contributed by atoms with Crippen LogP contribution in [0, 0.1) is 0 Å². The summed E-state index contributed by atoms with van der Waals surface area (Å²) in [5, 5.41) is 12.3. The zero-order chi connectivity index (χ0) is 12.7. The Labute approximate surface area is 100 Å². The van der Waals surface area contributed by atoms with Crippen molar-refractivity contribution in [2.45, 2.75) is 13.3 Å². The molecule has 1 aromatic rings. The monoisotopic (exact) mass is 236 g/mol. The van der Waals surface area contributed by atoms with E-state index in [1.165, 1.54) is 6.92 Å². The lowest BCUT2D eigenvalue weighted by molar-refractivity contribution is -0.129. The molecule has 1 rings (SSSR count). The molecule has 2 N–H and O–H groups in total. The summed E-state index contributed by atoms with van der Waals surface area (Å²) in [4.78, 5) is 10.5. The lowest BCUT2D eigenvalue weighted by Crippen LogP contribution is -2.17. The van der Waals surface area contributed by atoms with Crippen molar-refractivity contribution in [2.24, 2.45) is 5.10 Å². The van der Waals surface area contributed by atoms with Crippen molar-refractivity contribution in [3.63, 3.8) is 0 Å². The van der Waals surface area contributed by atoms with Crippen LogP contribution in [0.5, 0.6) is 5.75 Å². The van der Waals surface area contributed by atoms with Crippen LogP contribution in [0.25, 0.3) is 0 Å². The Hall–Kier alpha value is -2.04. The minimum atomic E-state index is -1.01. The van der Waals surface area contributed by atoms with Crippen molar-refractivity contribution in [2.75, 3.05) is 13.7 Å². The first kappa shape index (κ1) is 13.0. The van der Waals surface area contributed by atoms with Crippen LogP contribution in [0.15, 0.2) is 29.4 Å². The van der Waals surface area contributed by atoms with Gasteiger partial charge in [0.25, 0.3) is 0 Å². The van der Waals surface area contributed by atoms with Gasteiger partial charge in [0.15, 0.2) is 0 Å². The molecule has 0 saturated carbocycles. The van der Waals surface area contributed by atoms with Crippen molar-refractivity contribution in [1.82, 2.24) is 5.43 Å². The average Bonchev–Trinajstić information content (AvgIpc) is 2.34. The Kier molecular flexibility index (Phi) is 5.00. The number of carbonyl (C=O) groups is 1. The highest BCUT2D eigenvalue weighted by atomic mass is 16.5. The van der Waals surface area contributed by atoms with E-state index in [9.17, 15) is 4.79 Å². The molecule has 0 radical (unpaired) electrons. The standard InChI is InChI=1S/C12H16N2O3/c1-9(12(15)16)14-13-7-6-10-4-3-5-11(8-10)17-2/h3-5,8,13H,6-7H2,1-2H3,(H,15,16)/b14-9-. The molecule has 0 unspecified atom stereocenters. The summed E-state index contributed by atoms with van der Waals surface area (Å²) in [6.07, 6.45) is 0.758. The van der Waals surface area contributed by atoms with E-state index in [2.05, 4.69) is 10.5 Å². The zero-order valence-electron chi connectivity index (χ0n) is 9.93. The van der Waals surface area contributed by atoms with Crippen molar-refractivity contribution in [1.29, 1.82) is 0 Å². The molecule has 92 valence electrons. The molecule has 5 heteroatoms. The van der Waals surface area contributed by atoms with E-state index >= 15 is 0 Å². The summed E-state index contributed by atoms with van der Waals surface area (Å²) in [5.74, 6) is -0.202. The van der Waals surface area contributed by atoms with Crippen LogP contribution in [-0.2, 0) is 11.2 Å². The van der Waals surface area contributed by atoms with Gasteiger partial charge < -0.3 is 15.3 Å². The van der Waals surface area contributed by atoms with Crippen LogP contribution in [0.1, 0.15) is 12.5 Å². The number of hydrazone groups is 1. The number of rotatable bonds is 6. The lowest BCUT2D eigenvalue weighted by Gasteiger charge is -2.04. The molecular weight excluding hydrogens is 220 g/mol. The molecule has 0 aromatic heterocycles. The van der Waals surface area contributed by atoms with Gasteiger partial charge in [-0.3, -0.25) is 0 Å². The SMILES string of the molecule is COc1cccc(CCN/N=C(/C)C(=O)O)c1. The maximum absolute atomic E-state index is 10.5. The number of nitrogens with zero attached hydrogens (tertiary/aromatic N) is 1. The molecule has 5 nitrogen and oxygen atoms in total. The molecule has 0 aliphatic carbocycles. The van der Waals surface area contributed by atoms with Crippen LogP contribution < -0.4 is 10.2 Å². The Bertz CT molecular complexity index is 416. The Morgan fingerprint density at radius 3 is 2.94 bits per heavy atom. The Morgan fingerprint density at radius 1 is 1.53 bits per heavy atom. The zero-order valence-corrected chi connectivity index (χ0v) is 9.93. The van der Waals surface area contributed by atoms with Gasteiger partial charge >= 0.3 is 5.97 Å². The minimum Gasteiger partial charge on any atom is -0.497 e.